The van der Waals surface area contributed by atoms with Gasteiger partial charge in [-0.3, -0.25) is 9.59 Å². The molecule has 120 valence electrons. The largest absolute Gasteiger partial charge is 0.383 e. The van der Waals surface area contributed by atoms with Gasteiger partial charge < -0.3 is 15.0 Å². The van der Waals surface area contributed by atoms with E-state index in [4.69, 9.17) is 4.74 Å². The average Bonchev–Trinajstić information content (AvgIpc) is 2.82. The van der Waals surface area contributed by atoms with Crippen molar-refractivity contribution in [2.75, 3.05) is 20.3 Å². The number of benzene rings is 1. The molecule has 0 bridgehead atoms. The Labute approximate surface area is 131 Å². The number of carbonyl (C=O) groups excluding carboxylic acids is 2. The Bertz CT molecular complexity index is 542. The molecular weight excluding hydrogens is 280 g/mol. The molecule has 1 aliphatic rings. The summed E-state index contributed by atoms with van der Waals surface area (Å²) in [6.07, 6.45) is 0.651. The van der Waals surface area contributed by atoms with Gasteiger partial charge in [0.25, 0.3) is 5.91 Å². The molecule has 5 nitrogen and oxygen atoms in total. The molecule has 1 heterocycles. The summed E-state index contributed by atoms with van der Waals surface area (Å²) in [4.78, 5) is 26.7. The van der Waals surface area contributed by atoms with Crippen LogP contribution in [-0.2, 0) is 16.1 Å². The van der Waals surface area contributed by atoms with Crippen molar-refractivity contribution >= 4 is 11.8 Å². The fourth-order valence-electron chi connectivity index (χ4n) is 2.75. The van der Waals surface area contributed by atoms with Crippen LogP contribution in [-0.4, -0.2) is 43.0 Å². The predicted octanol–water partition coefficient (Wildman–Crippen LogP) is 1.82. The molecule has 1 aliphatic heterocycles. The monoisotopic (exact) mass is 304 g/mol. The highest BCUT2D eigenvalue weighted by Crippen LogP contribution is 2.26. The Kier molecular flexibility index (Phi) is 5.55. The first-order chi connectivity index (χ1) is 10.5. The summed E-state index contributed by atoms with van der Waals surface area (Å²) in [5.41, 5.74) is 1.70. The Hall–Kier alpha value is -1.88. The van der Waals surface area contributed by atoms with E-state index < -0.39 is 6.04 Å². The topological polar surface area (TPSA) is 58.6 Å². The van der Waals surface area contributed by atoms with Crippen LogP contribution >= 0.6 is 0 Å². The maximum absolute atomic E-state index is 12.6. The SMILES string of the molecule is COCCNC(=O)[C@H](CC(C)C)N1Cc2ccccc2C1=O. The van der Waals surface area contributed by atoms with E-state index in [1.807, 2.05) is 24.3 Å². The first kappa shape index (κ1) is 16.5. The van der Waals surface area contributed by atoms with E-state index in [9.17, 15) is 9.59 Å². The second kappa shape index (κ2) is 7.40. The molecule has 0 aliphatic carbocycles. The van der Waals surface area contributed by atoms with E-state index in [1.165, 1.54) is 0 Å². The lowest BCUT2D eigenvalue weighted by molar-refractivity contribution is -0.126. The van der Waals surface area contributed by atoms with Crippen LogP contribution in [0.3, 0.4) is 0 Å². The molecule has 0 fully saturated rings. The Morgan fingerprint density at radius 2 is 2.09 bits per heavy atom. The van der Waals surface area contributed by atoms with Gasteiger partial charge in [-0.2, -0.15) is 0 Å². The highest BCUT2D eigenvalue weighted by molar-refractivity contribution is 6.01. The molecule has 2 rings (SSSR count). The first-order valence-electron chi connectivity index (χ1n) is 7.70. The Morgan fingerprint density at radius 3 is 2.73 bits per heavy atom. The summed E-state index contributed by atoms with van der Waals surface area (Å²) in [5.74, 6) is 0.171. The number of methoxy groups -OCH3 is 1. The third-order valence-corrected chi connectivity index (χ3v) is 3.83. The lowest BCUT2D eigenvalue weighted by Crippen LogP contribution is -2.48. The van der Waals surface area contributed by atoms with Crippen molar-refractivity contribution in [2.24, 2.45) is 5.92 Å². The van der Waals surface area contributed by atoms with Crippen LogP contribution in [0.5, 0.6) is 0 Å². The van der Waals surface area contributed by atoms with Crippen molar-refractivity contribution in [2.45, 2.75) is 32.9 Å². The van der Waals surface area contributed by atoms with Gasteiger partial charge in [0.15, 0.2) is 0 Å². The van der Waals surface area contributed by atoms with Crippen molar-refractivity contribution in [3.63, 3.8) is 0 Å². The third kappa shape index (κ3) is 3.65. The zero-order chi connectivity index (χ0) is 16.1. The number of ether oxygens (including phenoxy) is 1. The van der Waals surface area contributed by atoms with E-state index in [0.29, 0.717) is 37.6 Å². The van der Waals surface area contributed by atoms with E-state index in [2.05, 4.69) is 19.2 Å². The molecule has 1 N–H and O–H groups in total. The van der Waals surface area contributed by atoms with Crippen molar-refractivity contribution in [3.8, 4) is 0 Å². The van der Waals surface area contributed by atoms with Crippen LogP contribution in [0.15, 0.2) is 24.3 Å². The summed E-state index contributed by atoms with van der Waals surface area (Å²) in [7, 11) is 1.60. The summed E-state index contributed by atoms with van der Waals surface area (Å²) in [6, 6.07) is 7.12. The van der Waals surface area contributed by atoms with E-state index in [1.54, 1.807) is 12.0 Å². The van der Waals surface area contributed by atoms with Gasteiger partial charge in [0.1, 0.15) is 6.04 Å². The van der Waals surface area contributed by atoms with Crippen LogP contribution in [0.25, 0.3) is 0 Å². The highest BCUT2D eigenvalue weighted by atomic mass is 16.5. The third-order valence-electron chi connectivity index (χ3n) is 3.83. The molecule has 0 radical (unpaired) electrons. The van der Waals surface area contributed by atoms with E-state index >= 15 is 0 Å². The second-order valence-corrected chi connectivity index (χ2v) is 6.02. The van der Waals surface area contributed by atoms with Gasteiger partial charge in [0, 0.05) is 25.8 Å². The van der Waals surface area contributed by atoms with Crippen LogP contribution < -0.4 is 5.32 Å². The van der Waals surface area contributed by atoms with Gasteiger partial charge in [-0.25, -0.2) is 0 Å². The molecule has 0 spiro atoms. The molecule has 22 heavy (non-hydrogen) atoms. The van der Waals surface area contributed by atoms with Gasteiger partial charge in [-0.05, 0) is 24.0 Å². The number of fused-ring (bicyclic) bond motifs is 1. The minimum Gasteiger partial charge on any atom is -0.383 e. The maximum Gasteiger partial charge on any atom is 0.255 e. The van der Waals surface area contributed by atoms with Gasteiger partial charge >= 0.3 is 0 Å². The van der Waals surface area contributed by atoms with Crippen LogP contribution in [0.2, 0.25) is 0 Å². The van der Waals surface area contributed by atoms with Gasteiger partial charge in [0.2, 0.25) is 5.91 Å². The van der Waals surface area contributed by atoms with Gasteiger partial charge in [-0.15, -0.1) is 0 Å². The number of hydrogen-bond donors (Lipinski definition) is 1. The van der Waals surface area contributed by atoms with E-state index in [-0.39, 0.29) is 11.8 Å². The summed E-state index contributed by atoms with van der Waals surface area (Å²) < 4.78 is 4.96. The number of nitrogens with one attached hydrogen (secondary N) is 1. The maximum atomic E-state index is 12.6. The lowest BCUT2D eigenvalue weighted by atomic mass is 10.0. The smallest absolute Gasteiger partial charge is 0.255 e. The molecule has 0 aromatic heterocycles. The normalized spacial score (nSPS) is 15.1. The predicted molar refractivity (Wildman–Crippen MR) is 84.4 cm³/mol. The van der Waals surface area contributed by atoms with Crippen molar-refractivity contribution < 1.29 is 14.3 Å². The molecule has 0 saturated carbocycles. The second-order valence-electron chi connectivity index (χ2n) is 6.02. The fourth-order valence-corrected chi connectivity index (χ4v) is 2.75. The van der Waals surface area contributed by atoms with Crippen molar-refractivity contribution in [1.29, 1.82) is 0 Å². The molecule has 1 aromatic carbocycles. The highest BCUT2D eigenvalue weighted by Gasteiger charge is 2.36. The summed E-state index contributed by atoms with van der Waals surface area (Å²) >= 11 is 0. The van der Waals surface area contributed by atoms with Crippen molar-refractivity contribution in [1.82, 2.24) is 10.2 Å². The Balaban J connectivity index is 2.13. The van der Waals surface area contributed by atoms with Gasteiger partial charge in [0.05, 0.1) is 6.61 Å². The molecule has 1 atom stereocenters. The quantitative estimate of drug-likeness (QED) is 0.782. The zero-order valence-electron chi connectivity index (χ0n) is 13.5. The molecule has 5 heteroatoms. The van der Waals surface area contributed by atoms with E-state index in [0.717, 1.165) is 5.56 Å². The molecule has 2 amide bonds. The first-order valence-corrected chi connectivity index (χ1v) is 7.70. The van der Waals surface area contributed by atoms with Crippen LogP contribution in [0.1, 0.15) is 36.2 Å². The standard InChI is InChI=1S/C17H24N2O3/c1-12(2)10-15(16(20)18-8-9-22-3)19-11-13-6-4-5-7-14(13)17(19)21/h4-7,12,15H,8-11H2,1-3H3,(H,18,20)/t15-/m0/s1. The average molecular weight is 304 g/mol. The molecule has 0 saturated heterocycles. The summed E-state index contributed by atoms with van der Waals surface area (Å²) in [6.45, 7) is 5.55. The molecular formula is C17H24N2O3. The fraction of sp³-hybridized carbons (Fsp3) is 0.529. The number of hydrogen-bond acceptors (Lipinski definition) is 3. The number of carbonyl (C=O) groups is 2. The number of amides is 2. The number of rotatable bonds is 7. The van der Waals surface area contributed by atoms with Crippen LogP contribution in [0.4, 0.5) is 0 Å². The Morgan fingerprint density at radius 1 is 1.36 bits per heavy atom. The minimum atomic E-state index is -0.434. The zero-order valence-corrected chi connectivity index (χ0v) is 13.5. The van der Waals surface area contributed by atoms with Crippen molar-refractivity contribution in [3.05, 3.63) is 35.4 Å². The lowest BCUT2D eigenvalue weighted by Gasteiger charge is -2.28. The molecule has 0 unspecified atom stereocenters. The molecule has 1 aromatic rings. The van der Waals surface area contributed by atoms with Crippen LogP contribution in [0, 0.1) is 5.92 Å². The minimum absolute atomic E-state index is 0.0526. The summed E-state index contributed by atoms with van der Waals surface area (Å²) in [5, 5.41) is 2.86. The number of nitrogens with zero attached hydrogens (tertiary/aromatic N) is 1. The van der Waals surface area contributed by atoms with Gasteiger partial charge in [-0.1, -0.05) is 32.0 Å².